The number of anilines is 10. The second-order valence-corrected chi connectivity index (χ2v) is 37.3. The molecule has 2 aliphatic rings. The Labute approximate surface area is 817 Å². The molecule has 0 aromatic carbocycles. The minimum atomic E-state index is -0.475. The van der Waals surface area contributed by atoms with E-state index in [1.807, 2.05) is 16.4 Å². The molecule has 13 N–H and O–H groups in total. The molecule has 6 rings (SSSR count). The van der Waals surface area contributed by atoms with Crippen molar-refractivity contribution in [3.63, 3.8) is 0 Å². The zero-order valence-corrected chi connectivity index (χ0v) is 87.2. The molecule has 2 atom stereocenters. The molecular weight excluding hydrogens is 1710 g/mol. The minimum absolute atomic E-state index is 0.00965. The Morgan fingerprint density at radius 3 is 1.01 bits per heavy atom. The molecule has 1 amide bonds. The summed E-state index contributed by atoms with van der Waals surface area (Å²) in [7, 11) is 1.25. The van der Waals surface area contributed by atoms with E-state index in [-0.39, 0.29) is 54.6 Å². The van der Waals surface area contributed by atoms with E-state index in [9.17, 15) is 14.8 Å². The van der Waals surface area contributed by atoms with Gasteiger partial charge in [-0.3, -0.25) is 35.6 Å². The van der Waals surface area contributed by atoms with Gasteiger partial charge in [-0.1, -0.05) is 384 Å². The molecule has 2 saturated carbocycles. The summed E-state index contributed by atoms with van der Waals surface area (Å²) in [5.41, 5.74) is 8.23. The molecule has 2 unspecified atom stereocenters. The van der Waals surface area contributed by atoms with Crippen molar-refractivity contribution in [2.75, 3.05) is 119 Å². The van der Waals surface area contributed by atoms with Crippen LogP contribution in [0.15, 0.2) is 0 Å². The van der Waals surface area contributed by atoms with E-state index in [1.165, 1.54) is 302 Å². The molecule has 4 heterocycles. The second kappa shape index (κ2) is 87.9. The van der Waals surface area contributed by atoms with Gasteiger partial charge in [0.15, 0.2) is 0 Å². The maximum absolute atomic E-state index is 11.4. The summed E-state index contributed by atoms with van der Waals surface area (Å²) in [6.07, 6.45) is 75.6. The fourth-order valence-corrected chi connectivity index (χ4v) is 16.2. The normalized spacial score (nSPS) is 12.9. The van der Waals surface area contributed by atoms with Crippen LogP contribution in [-0.2, 0) is 14.3 Å². The zero-order chi connectivity index (χ0) is 98.3. The Hall–Kier alpha value is -7.62. The molecule has 135 heavy (non-hydrogen) atoms. The first-order valence-corrected chi connectivity index (χ1v) is 54.5. The Balaban J connectivity index is 0.000000586. The molecular formula is C102H197N23O10. The van der Waals surface area contributed by atoms with Crippen LogP contribution in [0.1, 0.15) is 481 Å². The predicted molar refractivity (Wildman–Crippen MR) is 554 cm³/mol. The van der Waals surface area contributed by atoms with E-state index in [0.29, 0.717) is 72.6 Å². The molecule has 2 fully saturated rings. The van der Waals surface area contributed by atoms with E-state index in [0.717, 1.165) is 147 Å². The topological polar surface area (TPSA) is 424 Å². The molecule has 0 saturated heterocycles. The van der Waals surface area contributed by atoms with Crippen LogP contribution in [0.4, 0.5) is 59.5 Å². The standard InChI is InChI=1S/C35H70N6O.C19H37NO4.C18H34N4O3.C15H26N6O.C15H30N6O/c1-5-9-13-17-21-25-29-40(30-26-22-18-14-10-6-2)34-36-33(39-42)37-35(38-34)41(31-27-23-19-15-11-7-3)32-28-24-20-16-12-8-4;1-3-4-5-6-7-8-9-10-11-12-13-14-17-24-19(22)16-15-18(21)20(2)23;1-5-8-10-14(4)12-24-17-19-16(22-23)20-18(21-17)25-13-15(7-3)11-9-6-2;22-21-15-19-13(16-11-7-3-1-4-8-11)18-14(20-15)17-12-9-5-2-6-10-12;1-3-5-7-9-11-16-13-18-14(20-15(19-13)21-22)17-12-10-8-6-4-2/h42H,5-32H2,1-4H3,(H,36,37,38,39);23H,3-17H2,1-2H3;14-15,23H,5-13H2,1-4H3,(H,19,20,21,22);11-12,22H,1-10H2,(H3,16,17,18,19,20,21);22H,3-12H2,1-2H3,(H3,16,17,18,19,20,21). The first kappa shape index (κ1) is 123. The summed E-state index contributed by atoms with van der Waals surface area (Å²) in [4.78, 5) is 79.3. The van der Waals surface area contributed by atoms with Crippen molar-refractivity contribution in [3.05, 3.63) is 0 Å². The van der Waals surface area contributed by atoms with Crippen molar-refractivity contribution in [3.8, 4) is 12.0 Å². The average Bonchev–Trinajstić information content (AvgIpc) is 0.802. The van der Waals surface area contributed by atoms with E-state index < -0.39 is 5.91 Å². The van der Waals surface area contributed by atoms with E-state index in [2.05, 4.69) is 168 Å². The summed E-state index contributed by atoms with van der Waals surface area (Å²) in [5, 5.41) is 59.6. The quantitative estimate of drug-likeness (QED) is 0.00845. The Morgan fingerprint density at radius 2 is 0.652 bits per heavy atom. The van der Waals surface area contributed by atoms with Gasteiger partial charge < -0.3 is 45.3 Å². The average molecular weight is 1910 g/mol. The number of carbonyl (C=O) groups is 2. The number of amides is 1. The van der Waals surface area contributed by atoms with E-state index in [1.54, 1.807) is 0 Å². The monoisotopic (exact) mass is 1900 g/mol. The van der Waals surface area contributed by atoms with Gasteiger partial charge >= 0.3 is 18.0 Å². The number of hydroxylamine groups is 2. The molecule has 33 heteroatoms. The first-order chi connectivity index (χ1) is 66.0. The zero-order valence-electron chi connectivity index (χ0n) is 87.2. The number of unbranched alkanes of at least 4 members (excludes halogenated alkanes) is 39. The third-order valence-corrected chi connectivity index (χ3v) is 24.8. The Bertz CT molecular complexity index is 3220. The number of nitrogens with one attached hydrogen (secondary N) is 8. The predicted octanol–water partition coefficient (Wildman–Crippen LogP) is 26.9. The van der Waals surface area contributed by atoms with Crippen LogP contribution in [0.5, 0.6) is 12.0 Å². The molecule has 2 aliphatic carbocycles. The first-order valence-electron chi connectivity index (χ1n) is 54.5. The van der Waals surface area contributed by atoms with Crippen LogP contribution >= 0.6 is 0 Å². The Morgan fingerprint density at radius 1 is 0.341 bits per heavy atom. The number of ether oxygens (including phenoxy) is 3. The van der Waals surface area contributed by atoms with Gasteiger partial charge in [0.05, 0.1) is 26.2 Å². The number of aromatic nitrogens is 12. The highest BCUT2D eigenvalue weighted by atomic mass is 16.5. The summed E-state index contributed by atoms with van der Waals surface area (Å²) in [6, 6.07) is 1.19. The lowest BCUT2D eigenvalue weighted by Crippen LogP contribution is -2.32. The van der Waals surface area contributed by atoms with E-state index >= 15 is 0 Å². The number of esters is 1. The highest BCUT2D eigenvalue weighted by Gasteiger charge is 2.23. The number of hydrogen-bond donors (Lipinski definition) is 13. The lowest BCUT2D eigenvalue weighted by Gasteiger charge is -2.27. The maximum Gasteiger partial charge on any atom is 0.324 e. The SMILES string of the molecule is CCCCC(C)COc1nc(NO)nc(OCC(CC)CCCC)n1.CCCCCCCCCCCCCCOC(=O)CCC(=O)N(C)O.CCCCCCCCN(CCCCCCCC)c1nc(NO)nc(N(CCCCCCCC)CCCCCCCC)n1.CCCCCCNc1nc(NO)nc(NCCCCCC)n1.ONc1nc(NC2CCCCC2)nc(NC2CCCCC2)n1. The molecule has 33 nitrogen and oxygen atoms in total. The van der Waals surface area contributed by atoms with Crippen molar-refractivity contribution < 1.29 is 49.8 Å². The summed E-state index contributed by atoms with van der Waals surface area (Å²) in [6.45, 7) is 31.4. The highest BCUT2D eigenvalue weighted by molar-refractivity contribution is 5.80. The van der Waals surface area contributed by atoms with Crippen LogP contribution in [0.2, 0.25) is 0 Å². The van der Waals surface area contributed by atoms with Gasteiger partial charge in [0, 0.05) is 64.8 Å². The van der Waals surface area contributed by atoms with Crippen LogP contribution in [0, 0.1) is 11.8 Å². The maximum atomic E-state index is 11.4. The smallest absolute Gasteiger partial charge is 0.324 e. The van der Waals surface area contributed by atoms with Crippen LogP contribution in [0.25, 0.3) is 0 Å². The highest BCUT2D eigenvalue weighted by Crippen LogP contribution is 2.27. The lowest BCUT2D eigenvalue weighted by atomic mass is 9.96. The van der Waals surface area contributed by atoms with Gasteiger partial charge in [0.25, 0.3) is 23.8 Å². The Kier molecular flexibility index (Phi) is 80.3. The van der Waals surface area contributed by atoms with E-state index in [4.69, 9.17) is 40.0 Å². The van der Waals surface area contributed by atoms with Crippen molar-refractivity contribution in [2.24, 2.45) is 11.8 Å². The van der Waals surface area contributed by atoms with Gasteiger partial charge in [-0.05, 0) is 95.3 Å². The van der Waals surface area contributed by atoms with Gasteiger partial charge in [0.1, 0.15) is 0 Å². The molecule has 0 radical (unpaired) electrons. The van der Waals surface area contributed by atoms with Crippen LogP contribution < -0.4 is 62.5 Å². The fourth-order valence-electron chi connectivity index (χ4n) is 16.2. The summed E-state index contributed by atoms with van der Waals surface area (Å²) >= 11 is 0. The molecule has 0 bridgehead atoms. The van der Waals surface area contributed by atoms with Crippen LogP contribution in [0.3, 0.4) is 0 Å². The third-order valence-electron chi connectivity index (χ3n) is 24.8. The van der Waals surface area contributed by atoms with Crippen molar-refractivity contribution in [1.29, 1.82) is 0 Å². The molecule has 0 aliphatic heterocycles. The lowest BCUT2D eigenvalue weighted by molar-refractivity contribution is -0.161. The molecule has 4 aromatic heterocycles. The van der Waals surface area contributed by atoms with Gasteiger partial charge in [-0.25, -0.2) is 27.0 Å². The van der Waals surface area contributed by atoms with Crippen molar-refractivity contribution in [1.82, 2.24) is 64.9 Å². The number of carbonyl (C=O) groups excluding carboxylic acids is 2. The molecule has 0 spiro atoms. The number of hydrogen-bond acceptors (Lipinski definition) is 32. The van der Waals surface area contributed by atoms with Crippen LogP contribution in [-0.4, -0.2) is 181 Å². The second-order valence-electron chi connectivity index (χ2n) is 37.3. The van der Waals surface area contributed by atoms with Gasteiger partial charge in [-0.15, -0.1) is 4.98 Å². The third kappa shape index (κ3) is 67.4. The molecule has 780 valence electrons. The summed E-state index contributed by atoms with van der Waals surface area (Å²) < 4.78 is 16.4. The van der Waals surface area contributed by atoms with Gasteiger partial charge in [0.2, 0.25) is 41.6 Å². The number of rotatable bonds is 79. The fraction of sp³-hybridized carbons (Fsp3) is 0.863. The number of nitrogens with zero attached hydrogens (tertiary/aromatic N) is 15. The van der Waals surface area contributed by atoms with Crippen molar-refractivity contribution in [2.45, 2.75) is 493 Å². The van der Waals surface area contributed by atoms with Crippen molar-refractivity contribution >= 4 is 71.4 Å². The largest absolute Gasteiger partial charge is 0.466 e. The summed E-state index contributed by atoms with van der Waals surface area (Å²) in [5.74, 6) is 4.17. The minimum Gasteiger partial charge on any atom is -0.466 e. The molecule has 4 aromatic rings. The van der Waals surface area contributed by atoms with Gasteiger partial charge in [-0.2, -0.15) is 54.8 Å².